The third-order valence-electron chi connectivity index (χ3n) is 3.61. The molecule has 0 aromatic heterocycles. The summed E-state index contributed by atoms with van der Waals surface area (Å²) >= 11 is 0. The molecule has 0 heteroatoms. The van der Waals surface area contributed by atoms with Crippen LogP contribution < -0.4 is 0 Å². The van der Waals surface area contributed by atoms with E-state index < -0.39 is 0 Å². The van der Waals surface area contributed by atoms with Gasteiger partial charge in [0.2, 0.25) is 0 Å². The molecule has 0 aromatic rings. The summed E-state index contributed by atoms with van der Waals surface area (Å²) in [6.45, 7) is 10.4. The zero-order valence-corrected chi connectivity index (χ0v) is 11.0. The topological polar surface area (TPSA) is 0 Å². The van der Waals surface area contributed by atoms with Gasteiger partial charge >= 0.3 is 0 Å². The second-order valence-corrected chi connectivity index (χ2v) is 4.56. The van der Waals surface area contributed by atoms with E-state index in [0.29, 0.717) is 0 Å². The summed E-state index contributed by atoms with van der Waals surface area (Å²) in [6.07, 6.45) is 10.8. The van der Waals surface area contributed by atoms with Crippen molar-refractivity contribution < 1.29 is 0 Å². The van der Waals surface area contributed by atoms with Gasteiger partial charge in [0, 0.05) is 0 Å². The monoisotopic (exact) mass is 198 g/mol. The maximum atomic E-state index is 2.42. The highest BCUT2D eigenvalue weighted by atomic mass is 14.4. The van der Waals surface area contributed by atoms with Gasteiger partial charge in [0.25, 0.3) is 0 Å². The zero-order chi connectivity index (χ0) is 11.0. The Morgan fingerprint density at radius 2 is 1.36 bits per heavy atom. The minimum absolute atomic E-state index is 0.861. The van der Waals surface area contributed by atoms with Gasteiger partial charge in [-0.1, -0.05) is 53.9 Å². The lowest BCUT2D eigenvalue weighted by Crippen LogP contribution is -2.10. The summed E-state index contributed by atoms with van der Waals surface area (Å²) in [7, 11) is 0. The minimum Gasteiger partial charge on any atom is -0.0683 e. The fourth-order valence-corrected chi connectivity index (χ4v) is 3.08. The van der Waals surface area contributed by atoms with Crippen LogP contribution in [0, 0.1) is 11.3 Å². The number of hydrogen-bond donors (Lipinski definition) is 0. The molecule has 1 spiro atoms. The van der Waals surface area contributed by atoms with Crippen molar-refractivity contribution in [2.45, 2.75) is 79.6 Å². The summed E-state index contributed by atoms with van der Waals surface area (Å²) < 4.78 is 0. The first-order valence-corrected chi connectivity index (χ1v) is 6.81. The van der Waals surface area contributed by atoms with Gasteiger partial charge < -0.3 is 0 Å². The van der Waals surface area contributed by atoms with E-state index in [0.717, 1.165) is 11.3 Å². The van der Waals surface area contributed by atoms with Crippen molar-refractivity contribution in [2.24, 2.45) is 11.3 Å². The van der Waals surface area contributed by atoms with Crippen LogP contribution in [0.4, 0.5) is 0 Å². The van der Waals surface area contributed by atoms with E-state index >= 15 is 0 Å². The van der Waals surface area contributed by atoms with E-state index in [9.17, 15) is 0 Å². The Labute approximate surface area is 91.5 Å². The molecule has 2 aliphatic rings. The van der Waals surface area contributed by atoms with Crippen molar-refractivity contribution in [1.82, 2.24) is 0 Å². The van der Waals surface area contributed by atoms with E-state index in [1.54, 1.807) is 25.7 Å². The van der Waals surface area contributed by atoms with Crippen LogP contribution in [0.25, 0.3) is 0 Å². The highest BCUT2D eigenvalue weighted by Gasteiger charge is 2.39. The van der Waals surface area contributed by atoms with Crippen molar-refractivity contribution in [3.63, 3.8) is 0 Å². The first-order valence-electron chi connectivity index (χ1n) is 6.81. The van der Waals surface area contributed by atoms with E-state index in [1.807, 2.05) is 27.7 Å². The first-order chi connectivity index (χ1) is 6.81. The smallest absolute Gasteiger partial charge is 0.0295 e. The predicted octanol–water partition coefficient (Wildman–Crippen LogP) is 5.42. The lowest BCUT2D eigenvalue weighted by atomic mass is 9.84. The maximum Gasteiger partial charge on any atom is -0.0295 e. The van der Waals surface area contributed by atoms with Gasteiger partial charge in [0.15, 0.2) is 0 Å². The van der Waals surface area contributed by atoms with Gasteiger partial charge in [-0.15, -0.1) is 0 Å². The second-order valence-electron chi connectivity index (χ2n) is 4.56. The summed E-state index contributed by atoms with van der Waals surface area (Å²) in [5.74, 6) is 1.04. The average Bonchev–Trinajstić information content (AvgIpc) is 2.84. The molecule has 0 nitrogen and oxygen atoms in total. The minimum atomic E-state index is 0.861. The standard InChI is InChI=1S/C10H18.2C2H6/c1-9-4-7-10(8-9)5-2-3-6-10;2*1-2/h9H,2-8H2,1H3;2*1-2H3. The molecule has 0 aliphatic heterocycles. The third kappa shape index (κ3) is 3.63. The molecule has 2 fully saturated rings. The van der Waals surface area contributed by atoms with Crippen molar-refractivity contribution in [2.75, 3.05) is 0 Å². The molecule has 86 valence electrons. The molecular weight excluding hydrogens is 168 g/mol. The molecule has 1 unspecified atom stereocenters. The highest BCUT2D eigenvalue weighted by molar-refractivity contribution is 4.90. The molecule has 14 heavy (non-hydrogen) atoms. The van der Waals surface area contributed by atoms with Gasteiger partial charge in [-0.25, -0.2) is 0 Å². The lowest BCUT2D eigenvalue weighted by Gasteiger charge is -2.21. The molecule has 0 amide bonds. The second kappa shape index (κ2) is 7.31. The van der Waals surface area contributed by atoms with Gasteiger partial charge in [-0.3, -0.25) is 0 Å². The Balaban J connectivity index is 0.000000379. The van der Waals surface area contributed by atoms with Gasteiger partial charge in [0.05, 0.1) is 0 Å². The van der Waals surface area contributed by atoms with Crippen LogP contribution in [0.2, 0.25) is 0 Å². The van der Waals surface area contributed by atoms with E-state index in [4.69, 9.17) is 0 Å². The summed E-state index contributed by atoms with van der Waals surface area (Å²) in [4.78, 5) is 0. The van der Waals surface area contributed by atoms with Crippen molar-refractivity contribution in [3.8, 4) is 0 Å². The normalized spacial score (nSPS) is 27.6. The number of rotatable bonds is 0. The SMILES string of the molecule is CC.CC.CC1CCC2(CCCC2)C1. The fraction of sp³-hybridized carbons (Fsp3) is 1.00. The van der Waals surface area contributed by atoms with E-state index in [-0.39, 0.29) is 0 Å². The fourth-order valence-electron chi connectivity index (χ4n) is 3.08. The van der Waals surface area contributed by atoms with Crippen LogP contribution in [0.1, 0.15) is 79.6 Å². The maximum absolute atomic E-state index is 2.42. The van der Waals surface area contributed by atoms with Crippen LogP contribution >= 0.6 is 0 Å². The molecule has 0 radical (unpaired) electrons. The molecule has 2 aliphatic carbocycles. The quantitative estimate of drug-likeness (QED) is 0.487. The zero-order valence-electron chi connectivity index (χ0n) is 11.0. The van der Waals surface area contributed by atoms with Crippen LogP contribution in [-0.2, 0) is 0 Å². The average molecular weight is 198 g/mol. The Hall–Kier alpha value is 0. The molecule has 0 N–H and O–H groups in total. The summed E-state index contributed by atoms with van der Waals surface area (Å²) in [5, 5.41) is 0. The Morgan fingerprint density at radius 1 is 0.857 bits per heavy atom. The lowest BCUT2D eigenvalue weighted by molar-refractivity contribution is 0.298. The van der Waals surface area contributed by atoms with Crippen molar-refractivity contribution in [1.29, 1.82) is 0 Å². The predicted molar refractivity (Wildman–Crippen MR) is 66.6 cm³/mol. The van der Waals surface area contributed by atoms with Crippen LogP contribution in [0.5, 0.6) is 0 Å². The third-order valence-corrected chi connectivity index (χ3v) is 3.61. The Kier molecular flexibility index (Phi) is 7.31. The van der Waals surface area contributed by atoms with Crippen molar-refractivity contribution in [3.05, 3.63) is 0 Å². The van der Waals surface area contributed by atoms with Crippen LogP contribution in [0.3, 0.4) is 0 Å². The molecular formula is C14H30. The molecule has 0 aromatic carbocycles. The Bertz CT molecular complexity index is 120. The van der Waals surface area contributed by atoms with Crippen LogP contribution in [0.15, 0.2) is 0 Å². The van der Waals surface area contributed by atoms with Gasteiger partial charge in [0.1, 0.15) is 0 Å². The summed E-state index contributed by atoms with van der Waals surface area (Å²) in [5.41, 5.74) is 0.861. The summed E-state index contributed by atoms with van der Waals surface area (Å²) in [6, 6.07) is 0. The van der Waals surface area contributed by atoms with Crippen LogP contribution in [-0.4, -0.2) is 0 Å². The van der Waals surface area contributed by atoms with E-state index in [2.05, 4.69) is 6.92 Å². The van der Waals surface area contributed by atoms with Gasteiger partial charge in [-0.2, -0.15) is 0 Å². The molecule has 0 saturated heterocycles. The first kappa shape index (κ1) is 14.0. The molecule has 2 rings (SSSR count). The highest BCUT2D eigenvalue weighted by Crippen LogP contribution is 2.52. The van der Waals surface area contributed by atoms with E-state index in [1.165, 1.54) is 19.3 Å². The Morgan fingerprint density at radius 3 is 1.71 bits per heavy atom. The van der Waals surface area contributed by atoms with Crippen molar-refractivity contribution >= 4 is 0 Å². The number of hydrogen-bond acceptors (Lipinski definition) is 0. The largest absolute Gasteiger partial charge is 0.0683 e. The molecule has 1 atom stereocenters. The molecule has 0 heterocycles. The molecule has 2 saturated carbocycles. The van der Waals surface area contributed by atoms with Gasteiger partial charge in [-0.05, 0) is 37.0 Å². The molecule has 0 bridgehead atoms.